The van der Waals surface area contributed by atoms with Crippen LogP contribution in [-0.4, -0.2) is 56.5 Å². The van der Waals surface area contributed by atoms with Gasteiger partial charge < -0.3 is 10.2 Å². The third-order valence-electron chi connectivity index (χ3n) is 5.75. The van der Waals surface area contributed by atoms with Gasteiger partial charge in [-0.3, -0.25) is 4.99 Å². The highest BCUT2D eigenvalue weighted by Gasteiger charge is 2.22. The molecule has 3 aromatic rings. The maximum Gasteiger partial charge on any atom is 0.243 e. The lowest BCUT2D eigenvalue weighted by Crippen LogP contribution is -2.39. The number of pyridine rings is 1. The van der Waals surface area contributed by atoms with E-state index in [0.717, 1.165) is 61.6 Å². The van der Waals surface area contributed by atoms with Gasteiger partial charge in [0.25, 0.3) is 0 Å². The van der Waals surface area contributed by atoms with E-state index < -0.39 is 0 Å². The SMILES string of the molecule is Cc1cc(C2=CC=NCC2)c2nc(NC3CCN(c4cc(C)ncn4)CC3)nn2c1. The van der Waals surface area contributed by atoms with Crippen molar-refractivity contribution in [1.29, 1.82) is 0 Å². The van der Waals surface area contributed by atoms with Crippen molar-refractivity contribution in [1.82, 2.24) is 24.6 Å². The van der Waals surface area contributed by atoms with Gasteiger partial charge in [0, 0.05) is 55.4 Å². The van der Waals surface area contributed by atoms with Crippen molar-refractivity contribution in [3.05, 3.63) is 47.6 Å². The maximum absolute atomic E-state index is 4.83. The topological polar surface area (TPSA) is 83.6 Å². The van der Waals surface area contributed by atoms with E-state index in [1.807, 2.05) is 29.9 Å². The summed E-state index contributed by atoms with van der Waals surface area (Å²) >= 11 is 0. The summed E-state index contributed by atoms with van der Waals surface area (Å²) in [4.78, 5) is 20.1. The molecular formula is C22H26N8. The van der Waals surface area contributed by atoms with Crippen LogP contribution < -0.4 is 10.2 Å². The van der Waals surface area contributed by atoms with Gasteiger partial charge >= 0.3 is 0 Å². The predicted molar refractivity (Wildman–Crippen MR) is 119 cm³/mol. The minimum atomic E-state index is 0.354. The Balaban J connectivity index is 1.32. The van der Waals surface area contributed by atoms with Crippen molar-refractivity contribution in [3.63, 3.8) is 0 Å². The summed E-state index contributed by atoms with van der Waals surface area (Å²) in [6.45, 7) is 6.84. The lowest BCUT2D eigenvalue weighted by molar-refractivity contribution is 0.520. The first kappa shape index (κ1) is 18.7. The minimum Gasteiger partial charge on any atom is -0.356 e. The molecule has 1 saturated heterocycles. The number of nitrogens with zero attached hydrogens (tertiary/aromatic N) is 7. The summed E-state index contributed by atoms with van der Waals surface area (Å²) in [7, 11) is 0. The van der Waals surface area contributed by atoms with Gasteiger partial charge in [-0.2, -0.15) is 4.98 Å². The van der Waals surface area contributed by atoms with Crippen LogP contribution in [0.25, 0.3) is 11.2 Å². The molecule has 0 saturated carbocycles. The standard InChI is InChI=1S/C22H26N8/c1-15-11-19(17-3-7-23-8-4-17)21-27-22(28-30(21)13-15)26-18-5-9-29(10-6-18)20-12-16(2)24-14-25-20/h3,7,11-14,18H,4-6,8-10H2,1-2H3,(H,26,28). The molecule has 8 heteroatoms. The Labute approximate surface area is 175 Å². The van der Waals surface area contributed by atoms with E-state index in [-0.39, 0.29) is 0 Å². The fourth-order valence-electron chi connectivity index (χ4n) is 4.18. The monoisotopic (exact) mass is 402 g/mol. The Bertz CT molecular complexity index is 1120. The van der Waals surface area contributed by atoms with Gasteiger partial charge in [0.1, 0.15) is 12.1 Å². The number of aryl methyl sites for hydroxylation is 2. The zero-order valence-corrected chi connectivity index (χ0v) is 17.4. The molecule has 0 aromatic carbocycles. The van der Waals surface area contributed by atoms with Gasteiger partial charge in [0.15, 0.2) is 5.65 Å². The Morgan fingerprint density at radius 2 is 1.97 bits per heavy atom. The molecule has 2 aliphatic heterocycles. The Morgan fingerprint density at radius 3 is 2.73 bits per heavy atom. The smallest absolute Gasteiger partial charge is 0.243 e. The number of fused-ring (bicyclic) bond motifs is 1. The average Bonchev–Trinajstić information content (AvgIpc) is 3.16. The second kappa shape index (κ2) is 7.85. The molecule has 5 rings (SSSR count). The van der Waals surface area contributed by atoms with Crippen molar-refractivity contribution >= 4 is 29.2 Å². The number of aliphatic imine (C=N–C) groups is 1. The quantitative estimate of drug-likeness (QED) is 0.722. The summed E-state index contributed by atoms with van der Waals surface area (Å²) < 4.78 is 1.90. The zero-order chi connectivity index (χ0) is 20.5. The highest BCUT2D eigenvalue weighted by atomic mass is 15.4. The molecule has 30 heavy (non-hydrogen) atoms. The van der Waals surface area contributed by atoms with Crippen LogP contribution in [0.15, 0.2) is 35.7 Å². The normalized spacial score (nSPS) is 17.4. The molecule has 8 nitrogen and oxygen atoms in total. The molecule has 1 fully saturated rings. The molecule has 0 spiro atoms. The van der Waals surface area contributed by atoms with Crippen molar-refractivity contribution in [2.75, 3.05) is 29.9 Å². The van der Waals surface area contributed by atoms with Crippen LogP contribution in [0.3, 0.4) is 0 Å². The molecule has 0 unspecified atom stereocenters. The summed E-state index contributed by atoms with van der Waals surface area (Å²) in [5.74, 6) is 1.71. The lowest BCUT2D eigenvalue weighted by Gasteiger charge is -2.32. The van der Waals surface area contributed by atoms with Crippen LogP contribution in [-0.2, 0) is 0 Å². The Kier molecular flexibility index (Phi) is 4.90. The molecule has 3 aromatic heterocycles. The van der Waals surface area contributed by atoms with E-state index in [1.54, 1.807) is 6.33 Å². The average molecular weight is 403 g/mol. The fraction of sp³-hybridized carbons (Fsp3) is 0.409. The number of dihydropyridines is 1. The van der Waals surface area contributed by atoms with Gasteiger partial charge in [-0.1, -0.05) is 0 Å². The van der Waals surface area contributed by atoms with E-state index in [2.05, 4.69) is 44.2 Å². The summed E-state index contributed by atoms with van der Waals surface area (Å²) in [6.07, 6.45) is 10.6. The van der Waals surface area contributed by atoms with Gasteiger partial charge in [-0.15, -0.1) is 5.10 Å². The molecular weight excluding hydrogens is 376 g/mol. The molecule has 0 atom stereocenters. The van der Waals surface area contributed by atoms with Crippen LogP contribution in [0.1, 0.15) is 36.1 Å². The van der Waals surface area contributed by atoms with E-state index in [1.165, 1.54) is 11.1 Å². The van der Waals surface area contributed by atoms with E-state index in [4.69, 9.17) is 10.1 Å². The van der Waals surface area contributed by atoms with E-state index >= 15 is 0 Å². The van der Waals surface area contributed by atoms with Crippen molar-refractivity contribution in [3.8, 4) is 0 Å². The first-order valence-corrected chi connectivity index (χ1v) is 10.5. The number of anilines is 2. The van der Waals surface area contributed by atoms with Gasteiger partial charge in [0.2, 0.25) is 5.95 Å². The van der Waals surface area contributed by atoms with Crippen molar-refractivity contribution in [2.45, 2.75) is 39.2 Å². The highest BCUT2D eigenvalue weighted by molar-refractivity contribution is 5.89. The van der Waals surface area contributed by atoms with Crippen LogP contribution in [0, 0.1) is 13.8 Å². The molecule has 154 valence electrons. The number of rotatable bonds is 4. The van der Waals surface area contributed by atoms with E-state index in [0.29, 0.717) is 12.0 Å². The predicted octanol–water partition coefficient (Wildman–Crippen LogP) is 3.07. The molecule has 0 amide bonds. The molecule has 2 aliphatic rings. The molecule has 0 radical (unpaired) electrons. The number of piperidine rings is 1. The largest absolute Gasteiger partial charge is 0.356 e. The number of hydrogen-bond acceptors (Lipinski definition) is 7. The van der Waals surface area contributed by atoms with Crippen molar-refractivity contribution < 1.29 is 0 Å². The van der Waals surface area contributed by atoms with Crippen molar-refractivity contribution in [2.24, 2.45) is 4.99 Å². The third kappa shape index (κ3) is 3.77. The number of nitrogens with one attached hydrogen (secondary N) is 1. The van der Waals surface area contributed by atoms with Crippen LogP contribution >= 0.6 is 0 Å². The minimum absolute atomic E-state index is 0.354. The van der Waals surface area contributed by atoms with Gasteiger partial charge in [-0.25, -0.2) is 14.5 Å². The second-order valence-corrected chi connectivity index (χ2v) is 8.06. The lowest BCUT2D eigenvalue weighted by atomic mass is 10.0. The Morgan fingerprint density at radius 1 is 1.10 bits per heavy atom. The maximum atomic E-state index is 4.83. The van der Waals surface area contributed by atoms with Crippen LogP contribution in [0.2, 0.25) is 0 Å². The summed E-state index contributed by atoms with van der Waals surface area (Å²) in [5.41, 5.74) is 5.49. The summed E-state index contributed by atoms with van der Waals surface area (Å²) in [6, 6.07) is 4.60. The molecule has 1 N–H and O–H groups in total. The van der Waals surface area contributed by atoms with Crippen LogP contribution in [0.4, 0.5) is 11.8 Å². The highest BCUT2D eigenvalue weighted by Crippen LogP contribution is 2.26. The molecule has 0 aliphatic carbocycles. The number of hydrogen-bond donors (Lipinski definition) is 1. The van der Waals surface area contributed by atoms with Gasteiger partial charge in [-0.05, 0) is 56.4 Å². The Hall–Kier alpha value is -3.29. The summed E-state index contributed by atoms with van der Waals surface area (Å²) in [5, 5.41) is 8.27. The van der Waals surface area contributed by atoms with Gasteiger partial charge in [0.05, 0.1) is 0 Å². The third-order valence-corrected chi connectivity index (χ3v) is 5.75. The van der Waals surface area contributed by atoms with E-state index in [9.17, 15) is 0 Å². The first-order valence-electron chi connectivity index (χ1n) is 10.5. The second-order valence-electron chi connectivity index (χ2n) is 8.06. The number of allylic oxidation sites excluding steroid dienone is 1. The molecule has 5 heterocycles. The molecule has 0 bridgehead atoms. The fourth-order valence-corrected chi connectivity index (χ4v) is 4.18. The zero-order valence-electron chi connectivity index (χ0n) is 17.4. The number of aromatic nitrogens is 5. The van der Waals surface area contributed by atoms with Crippen LogP contribution in [0.5, 0.6) is 0 Å². The first-order chi connectivity index (χ1) is 14.7.